The zero-order valence-electron chi connectivity index (χ0n) is 12.6. The molecule has 3 N–H and O–H groups in total. The highest BCUT2D eigenvalue weighted by Gasteiger charge is 2.14. The van der Waals surface area contributed by atoms with E-state index in [1.54, 1.807) is 18.2 Å². The van der Waals surface area contributed by atoms with E-state index in [4.69, 9.17) is 5.73 Å². The van der Waals surface area contributed by atoms with Gasteiger partial charge in [-0.1, -0.05) is 32.8 Å². The number of aryl methyl sites for hydroxylation is 1. The molecule has 114 valence electrons. The molecule has 0 unspecified atom stereocenters. The van der Waals surface area contributed by atoms with E-state index in [0.717, 1.165) is 30.4 Å². The van der Waals surface area contributed by atoms with Crippen molar-refractivity contribution in [1.82, 2.24) is 4.72 Å². The fourth-order valence-corrected chi connectivity index (χ4v) is 3.13. The molecule has 1 rings (SSSR count). The minimum Gasteiger partial charge on any atom is -0.326 e. The van der Waals surface area contributed by atoms with Crippen molar-refractivity contribution in [2.24, 2.45) is 11.7 Å². The molecule has 0 aliphatic carbocycles. The lowest BCUT2D eigenvalue weighted by atomic mass is 10.1. The van der Waals surface area contributed by atoms with Crippen molar-refractivity contribution in [3.8, 4) is 0 Å². The molecule has 0 spiro atoms. The van der Waals surface area contributed by atoms with Gasteiger partial charge in [-0.05, 0) is 42.5 Å². The number of unbranched alkanes of at least 4 members (excludes halogenated alkanes) is 1. The van der Waals surface area contributed by atoms with E-state index in [-0.39, 0.29) is 0 Å². The SMILES string of the molecule is Cc1ccc(S(=O)(=O)NCCCCC(C)C)cc1CN. The Balaban J connectivity index is 2.60. The second-order valence-corrected chi connectivity index (χ2v) is 7.35. The van der Waals surface area contributed by atoms with Crippen molar-refractivity contribution in [3.63, 3.8) is 0 Å². The molecule has 0 fully saturated rings. The Hall–Kier alpha value is -0.910. The smallest absolute Gasteiger partial charge is 0.240 e. The Morgan fingerprint density at radius 3 is 2.55 bits per heavy atom. The monoisotopic (exact) mass is 298 g/mol. The first-order valence-electron chi connectivity index (χ1n) is 7.16. The van der Waals surface area contributed by atoms with Gasteiger partial charge in [-0.15, -0.1) is 0 Å². The summed E-state index contributed by atoms with van der Waals surface area (Å²) < 4.78 is 27.0. The second kappa shape index (κ2) is 7.76. The van der Waals surface area contributed by atoms with Gasteiger partial charge in [0.25, 0.3) is 0 Å². The van der Waals surface area contributed by atoms with Crippen molar-refractivity contribution < 1.29 is 8.42 Å². The number of nitrogens with one attached hydrogen (secondary N) is 1. The molecule has 0 bridgehead atoms. The first-order valence-corrected chi connectivity index (χ1v) is 8.64. The van der Waals surface area contributed by atoms with Crippen LogP contribution in [0, 0.1) is 12.8 Å². The summed E-state index contributed by atoms with van der Waals surface area (Å²) in [6.45, 7) is 7.11. The van der Waals surface area contributed by atoms with Gasteiger partial charge in [0.05, 0.1) is 4.90 Å². The standard InChI is InChI=1S/C15H26N2O2S/c1-12(2)6-4-5-9-17-20(18,19)15-8-7-13(3)14(10-15)11-16/h7-8,10,12,17H,4-6,9,11,16H2,1-3H3. The number of sulfonamides is 1. The molecule has 1 aromatic carbocycles. The average molecular weight is 298 g/mol. The molecule has 0 aliphatic rings. The summed E-state index contributed by atoms with van der Waals surface area (Å²) in [5.41, 5.74) is 7.50. The lowest BCUT2D eigenvalue weighted by molar-refractivity contribution is 0.530. The van der Waals surface area contributed by atoms with Crippen molar-refractivity contribution in [2.75, 3.05) is 6.54 Å². The molecule has 0 aromatic heterocycles. The number of nitrogens with two attached hydrogens (primary N) is 1. The number of benzene rings is 1. The van der Waals surface area contributed by atoms with Crippen molar-refractivity contribution in [2.45, 2.75) is 51.5 Å². The van der Waals surface area contributed by atoms with Crippen LogP contribution < -0.4 is 10.5 Å². The Kier molecular flexibility index (Phi) is 6.65. The van der Waals surface area contributed by atoms with Gasteiger partial charge < -0.3 is 5.73 Å². The summed E-state index contributed by atoms with van der Waals surface area (Å²) in [5, 5.41) is 0. The molecule has 4 nitrogen and oxygen atoms in total. The van der Waals surface area contributed by atoms with E-state index in [2.05, 4.69) is 18.6 Å². The van der Waals surface area contributed by atoms with Crippen molar-refractivity contribution in [1.29, 1.82) is 0 Å². The molecule has 20 heavy (non-hydrogen) atoms. The average Bonchev–Trinajstić information content (AvgIpc) is 2.38. The van der Waals surface area contributed by atoms with E-state index in [1.807, 2.05) is 6.92 Å². The Bertz CT molecular complexity index is 525. The summed E-state index contributed by atoms with van der Waals surface area (Å²) in [5.74, 6) is 0.663. The maximum absolute atomic E-state index is 12.2. The van der Waals surface area contributed by atoms with Gasteiger partial charge in [-0.25, -0.2) is 13.1 Å². The number of hydrogen-bond donors (Lipinski definition) is 2. The summed E-state index contributed by atoms with van der Waals surface area (Å²) in [7, 11) is -3.42. The van der Waals surface area contributed by atoms with Crippen LogP contribution in [0.2, 0.25) is 0 Å². The summed E-state index contributed by atoms with van der Waals surface area (Å²) in [4.78, 5) is 0.299. The highest BCUT2D eigenvalue weighted by atomic mass is 32.2. The number of hydrogen-bond acceptors (Lipinski definition) is 3. The molecular weight excluding hydrogens is 272 g/mol. The van der Waals surface area contributed by atoms with Crippen LogP contribution in [0.3, 0.4) is 0 Å². The predicted molar refractivity (Wildman–Crippen MR) is 82.9 cm³/mol. The lowest BCUT2D eigenvalue weighted by Gasteiger charge is -2.10. The molecule has 0 heterocycles. The summed E-state index contributed by atoms with van der Waals surface area (Å²) in [6.07, 6.45) is 3.04. The quantitative estimate of drug-likeness (QED) is 0.724. The van der Waals surface area contributed by atoms with Crippen LogP contribution >= 0.6 is 0 Å². The van der Waals surface area contributed by atoms with Gasteiger partial charge in [0, 0.05) is 13.1 Å². The van der Waals surface area contributed by atoms with E-state index < -0.39 is 10.0 Å². The van der Waals surface area contributed by atoms with Crippen LogP contribution in [0.5, 0.6) is 0 Å². The van der Waals surface area contributed by atoms with Crippen LogP contribution in [-0.4, -0.2) is 15.0 Å². The molecule has 0 amide bonds. The topological polar surface area (TPSA) is 72.2 Å². The molecular formula is C15H26N2O2S. The highest BCUT2D eigenvalue weighted by Crippen LogP contribution is 2.15. The third-order valence-electron chi connectivity index (χ3n) is 3.35. The predicted octanol–water partition coefficient (Wildman–Crippen LogP) is 2.56. The van der Waals surface area contributed by atoms with Gasteiger partial charge in [-0.3, -0.25) is 0 Å². The summed E-state index contributed by atoms with van der Waals surface area (Å²) >= 11 is 0. The van der Waals surface area contributed by atoms with Gasteiger partial charge in [-0.2, -0.15) is 0 Å². The van der Waals surface area contributed by atoms with Gasteiger partial charge in [0.1, 0.15) is 0 Å². The van der Waals surface area contributed by atoms with E-state index in [0.29, 0.717) is 23.9 Å². The largest absolute Gasteiger partial charge is 0.326 e. The van der Waals surface area contributed by atoms with Gasteiger partial charge in [0.15, 0.2) is 0 Å². The molecule has 0 saturated heterocycles. The van der Waals surface area contributed by atoms with Crippen LogP contribution in [0.25, 0.3) is 0 Å². The fraction of sp³-hybridized carbons (Fsp3) is 0.600. The van der Waals surface area contributed by atoms with Gasteiger partial charge in [0.2, 0.25) is 10.0 Å². The minimum atomic E-state index is -3.42. The van der Waals surface area contributed by atoms with Gasteiger partial charge >= 0.3 is 0 Å². The molecule has 0 saturated carbocycles. The first kappa shape index (κ1) is 17.1. The molecule has 5 heteroatoms. The van der Waals surface area contributed by atoms with Crippen LogP contribution in [0.4, 0.5) is 0 Å². The van der Waals surface area contributed by atoms with Crippen LogP contribution in [0.15, 0.2) is 23.1 Å². The van der Waals surface area contributed by atoms with Crippen LogP contribution in [-0.2, 0) is 16.6 Å². The van der Waals surface area contributed by atoms with E-state index >= 15 is 0 Å². The van der Waals surface area contributed by atoms with Crippen LogP contribution in [0.1, 0.15) is 44.2 Å². The molecule has 0 aliphatic heterocycles. The van der Waals surface area contributed by atoms with E-state index in [1.165, 1.54) is 0 Å². The lowest BCUT2D eigenvalue weighted by Crippen LogP contribution is -2.25. The second-order valence-electron chi connectivity index (χ2n) is 5.58. The summed E-state index contributed by atoms with van der Waals surface area (Å²) in [6, 6.07) is 5.09. The molecule has 0 radical (unpaired) electrons. The Morgan fingerprint density at radius 1 is 1.25 bits per heavy atom. The number of rotatable bonds is 8. The maximum Gasteiger partial charge on any atom is 0.240 e. The zero-order valence-corrected chi connectivity index (χ0v) is 13.5. The Morgan fingerprint density at radius 2 is 1.95 bits per heavy atom. The molecule has 1 aromatic rings. The third kappa shape index (κ3) is 5.23. The fourth-order valence-electron chi connectivity index (χ4n) is 2.00. The van der Waals surface area contributed by atoms with Crippen molar-refractivity contribution in [3.05, 3.63) is 29.3 Å². The normalized spacial score (nSPS) is 12.1. The maximum atomic E-state index is 12.2. The minimum absolute atomic E-state index is 0.299. The molecule has 0 atom stereocenters. The third-order valence-corrected chi connectivity index (χ3v) is 4.81. The zero-order chi connectivity index (χ0) is 15.2. The van der Waals surface area contributed by atoms with Crippen molar-refractivity contribution >= 4 is 10.0 Å². The highest BCUT2D eigenvalue weighted by molar-refractivity contribution is 7.89. The van der Waals surface area contributed by atoms with E-state index in [9.17, 15) is 8.42 Å². The Labute approximate surface area is 122 Å². The first-order chi connectivity index (χ1) is 9.36.